The van der Waals surface area contributed by atoms with Gasteiger partial charge in [0.05, 0.1) is 10.6 Å². The van der Waals surface area contributed by atoms with Crippen LogP contribution in [0.1, 0.15) is 0 Å². The molecule has 7 heteroatoms. The zero-order valence-corrected chi connectivity index (χ0v) is 11.8. The number of hydrogen-bond donors (Lipinski definition) is 1. The Morgan fingerprint density at radius 2 is 1.95 bits per heavy atom. The zero-order valence-electron chi connectivity index (χ0n) is 11.1. The van der Waals surface area contributed by atoms with Crippen molar-refractivity contribution in [2.24, 2.45) is 7.05 Å². The summed E-state index contributed by atoms with van der Waals surface area (Å²) in [4.78, 5) is 7.91. The molecule has 106 valence electrons. The van der Waals surface area contributed by atoms with E-state index in [9.17, 15) is 4.39 Å². The molecule has 0 spiro atoms. The number of benzene rings is 1. The SMILES string of the molecule is Cn1nc(-c2cncnc2)c(-c2cccc(Cl)c2F)c1N. The maximum atomic E-state index is 14.3. The van der Waals surface area contributed by atoms with Crippen LogP contribution in [0.3, 0.4) is 0 Å². The van der Waals surface area contributed by atoms with E-state index in [0.717, 1.165) is 0 Å². The largest absolute Gasteiger partial charge is 0.383 e. The third-order valence-corrected chi connectivity index (χ3v) is 3.44. The molecule has 1 aromatic carbocycles. The molecule has 5 nitrogen and oxygen atoms in total. The number of anilines is 1. The molecule has 0 amide bonds. The van der Waals surface area contributed by atoms with E-state index in [1.54, 1.807) is 31.6 Å². The molecule has 2 aromatic heterocycles. The lowest BCUT2D eigenvalue weighted by atomic mass is 10.0. The van der Waals surface area contributed by atoms with Crippen molar-refractivity contribution in [1.29, 1.82) is 0 Å². The molecule has 3 aromatic rings. The van der Waals surface area contributed by atoms with Crippen molar-refractivity contribution in [1.82, 2.24) is 19.7 Å². The number of hydrogen-bond acceptors (Lipinski definition) is 4. The average Bonchev–Trinajstić information content (AvgIpc) is 2.79. The lowest BCUT2D eigenvalue weighted by Crippen LogP contribution is -1.98. The van der Waals surface area contributed by atoms with Gasteiger partial charge in [0.25, 0.3) is 0 Å². The smallest absolute Gasteiger partial charge is 0.149 e. The summed E-state index contributed by atoms with van der Waals surface area (Å²) in [6.07, 6.45) is 4.61. The summed E-state index contributed by atoms with van der Waals surface area (Å²) >= 11 is 5.85. The molecule has 0 radical (unpaired) electrons. The van der Waals surface area contributed by atoms with Crippen molar-refractivity contribution in [2.45, 2.75) is 0 Å². The predicted octanol–water partition coefficient (Wildman–Crippen LogP) is 2.92. The van der Waals surface area contributed by atoms with Crippen LogP contribution >= 0.6 is 11.6 Å². The molecule has 0 fully saturated rings. The van der Waals surface area contributed by atoms with Gasteiger partial charge in [-0.3, -0.25) is 4.68 Å². The van der Waals surface area contributed by atoms with E-state index in [1.165, 1.54) is 17.1 Å². The monoisotopic (exact) mass is 303 g/mol. The number of aryl methyl sites for hydroxylation is 1. The lowest BCUT2D eigenvalue weighted by Gasteiger charge is -2.06. The third-order valence-electron chi connectivity index (χ3n) is 3.15. The van der Waals surface area contributed by atoms with Crippen LogP contribution < -0.4 is 5.73 Å². The Hall–Kier alpha value is -2.47. The first kappa shape index (κ1) is 13.5. The first-order valence-electron chi connectivity index (χ1n) is 6.12. The van der Waals surface area contributed by atoms with Crippen molar-refractivity contribution in [2.75, 3.05) is 5.73 Å². The summed E-state index contributed by atoms with van der Waals surface area (Å²) in [6, 6.07) is 4.76. The maximum absolute atomic E-state index is 14.3. The number of aromatic nitrogens is 4. The normalized spacial score (nSPS) is 10.8. The minimum Gasteiger partial charge on any atom is -0.383 e. The van der Waals surface area contributed by atoms with E-state index in [-0.39, 0.29) is 5.02 Å². The molecule has 0 aliphatic heterocycles. The Kier molecular flexibility index (Phi) is 3.31. The minimum absolute atomic E-state index is 0.0333. The molecule has 0 unspecified atom stereocenters. The van der Waals surface area contributed by atoms with E-state index in [2.05, 4.69) is 15.1 Å². The van der Waals surface area contributed by atoms with Crippen LogP contribution in [-0.4, -0.2) is 19.7 Å². The first-order chi connectivity index (χ1) is 10.1. The highest BCUT2D eigenvalue weighted by Crippen LogP contribution is 2.38. The first-order valence-corrected chi connectivity index (χ1v) is 6.49. The topological polar surface area (TPSA) is 69.6 Å². The van der Waals surface area contributed by atoms with Crippen molar-refractivity contribution < 1.29 is 4.39 Å². The third kappa shape index (κ3) is 2.23. The molecule has 21 heavy (non-hydrogen) atoms. The summed E-state index contributed by atoms with van der Waals surface area (Å²) < 4.78 is 15.8. The van der Waals surface area contributed by atoms with Gasteiger partial charge in [0.2, 0.25) is 0 Å². The molecule has 0 aliphatic carbocycles. The summed E-state index contributed by atoms with van der Waals surface area (Å²) in [5.74, 6) is -0.188. The van der Waals surface area contributed by atoms with Crippen molar-refractivity contribution in [3.63, 3.8) is 0 Å². The van der Waals surface area contributed by atoms with Gasteiger partial charge in [-0.2, -0.15) is 5.10 Å². The van der Waals surface area contributed by atoms with Gasteiger partial charge in [0, 0.05) is 30.6 Å². The molecule has 0 aliphatic rings. The Morgan fingerprint density at radius 3 is 2.67 bits per heavy atom. The summed E-state index contributed by atoms with van der Waals surface area (Å²) in [5.41, 5.74) is 7.98. The summed E-state index contributed by atoms with van der Waals surface area (Å²) in [5, 5.41) is 4.36. The second kappa shape index (κ2) is 5.14. The van der Waals surface area contributed by atoms with E-state index in [0.29, 0.717) is 28.2 Å². The molecular weight excluding hydrogens is 293 g/mol. The Morgan fingerprint density at radius 1 is 1.24 bits per heavy atom. The van der Waals surface area contributed by atoms with Gasteiger partial charge in [-0.05, 0) is 6.07 Å². The van der Waals surface area contributed by atoms with Gasteiger partial charge in [-0.25, -0.2) is 14.4 Å². The molecule has 0 bridgehead atoms. The Bertz CT molecular complexity index is 801. The van der Waals surface area contributed by atoms with Gasteiger partial charge < -0.3 is 5.73 Å². The minimum atomic E-state index is -0.531. The molecule has 3 rings (SSSR count). The summed E-state index contributed by atoms with van der Waals surface area (Å²) in [7, 11) is 1.69. The zero-order chi connectivity index (χ0) is 15.0. The number of nitrogens with zero attached hydrogens (tertiary/aromatic N) is 4. The van der Waals surface area contributed by atoms with Crippen molar-refractivity contribution in [3.05, 3.63) is 47.8 Å². The number of nitrogens with two attached hydrogens (primary N) is 1. The number of rotatable bonds is 2. The highest BCUT2D eigenvalue weighted by molar-refractivity contribution is 6.31. The fraction of sp³-hybridized carbons (Fsp3) is 0.0714. The Labute approximate surface area is 125 Å². The van der Waals surface area contributed by atoms with Crippen LogP contribution in [0.15, 0.2) is 36.9 Å². The van der Waals surface area contributed by atoms with Crippen LogP contribution in [0.4, 0.5) is 10.2 Å². The second-order valence-electron chi connectivity index (χ2n) is 4.46. The van der Waals surface area contributed by atoms with Crippen LogP contribution in [0.5, 0.6) is 0 Å². The van der Waals surface area contributed by atoms with Gasteiger partial charge in [0.15, 0.2) is 0 Å². The van der Waals surface area contributed by atoms with Crippen molar-refractivity contribution in [3.8, 4) is 22.4 Å². The molecular formula is C14H11ClFN5. The quantitative estimate of drug-likeness (QED) is 0.790. The lowest BCUT2D eigenvalue weighted by molar-refractivity contribution is 0.632. The predicted molar refractivity (Wildman–Crippen MR) is 79.1 cm³/mol. The molecule has 2 heterocycles. The standard InChI is InChI=1S/C14H11ClFN5/c1-21-14(17)11(9-3-2-4-10(15)12(9)16)13(20-21)8-5-18-7-19-6-8/h2-7H,17H2,1H3. The van der Waals surface area contributed by atoms with Crippen LogP contribution in [0.25, 0.3) is 22.4 Å². The fourth-order valence-corrected chi connectivity index (χ4v) is 2.30. The molecule has 0 saturated heterocycles. The van der Waals surface area contributed by atoms with Crippen LogP contribution in [-0.2, 0) is 7.05 Å². The molecule has 2 N–H and O–H groups in total. The van der Waals surface area contributed by atoms with Gasteiger partial charge in [-0.1, -0.05) is 23.7 Å². The average molecular weight is 304 g/mol. The second-order valence-corrected chi connectivity index (χ2v) is 4.87. The Balaban J connectivity index is 2.30. The van der Waals surface area contributed by atoms with Crippen LogP contribution in [0, 0.1) is 5.82 Å². The summed E-state index contributed by atoms with van der Waals surface area (Å²) in [6.45, 7) is 0. The highest BCUT2D eigenvalue weighted by atomic mass is 35.5. The van der Waals surface area contributed by atoms with Gasteiger partial charge >= 0.3 is 0 Å². The van der Waals surface area contributed by atoms with Crippen molar-refractivity contribution >= 4 is 17.4 Å². The highest BCUT2D eigenvalue weighted by Gasteiger charge is 2.21. The van der Waals surface area contributed by atoms with E-state index >= 15 is 0 Å². The maximum Gasteiger partial charge on any atom is 0.149 e. The van der Waals surface area contributed by atoms with Gasteiger partial charge in [-0.15, -0.1) is 0 Å². The van der Waals surface area contributed by atoms with E-state index in [4.69, 9.17) is 17.3 Å². The van der Waals surface area contributed by atoms with E-state index in [1.807, 2.05) is 0 Å². The number of halogens is 2. The van der Waals surface area contributed by atoms with E-state index < -0.39 is 5.82 Å². The fourth-order valence-electron chi connectivity index (χ4n) is 2.12. The number of nitrogen functional groups attached to an aromatic ring is 1. The van der Waals surface area contributed by atoms with Gasteiger partial charge in [0.1, 0.15) is 23.7 Å². The van der Waals surface area contributed by atoms with Crippen LogP contribution in [0.2, 0.25) is 5.02 Å². The molecule has 0 saturated carbocycles. The molecule has 0 atom stereocenters.